The highest BCUT2D eigenvalue weighted by Gasteiger charge is 2.48. The number of hydrogen-bond acceptors (Lipinski definition) is 7. The van der Waals surface area contributed by atoms with Crippen molar-refractivity contribution in [2.24, 2.45) is 5.92 Å². The molecule has 0 spiro atoms. The zero-order valence-corrected chi connectivity index (χ0v) is 13.5. The number of carbonyl (C=O) groups is 3. The molecule has 0 aliphatic carbocycles. The van der Waals surface area contributed by atoms with Gasteiger partial charge in [-0.05, 0) is 25.7 Å². The molecule has 1 atom stereocenters. The number of amides is 3. The van der Waals surface area contributed by atoms with Gasteiger partial charge in [-0.3, -0.25) is 10.1 Å². The molecular formula is C15H19N5O4. The van der Waals surface area contributed by atoms with Crippen molar-refractivity contribution in [3.8, 4) is 0 Å². The van der Waals surface area contributed by atoms with Crippen LogP contribution in [0.2, 0.25) is 0 Å². The average molecular weight is 333 g/mol. The van der Waals surface area contributed by atoms with Crippen molar-refractivity contribution in [1.29, 1.82) is 0 Å². The Morgan fingerprint density at radius 3 is 2.42 bits per heavy atom. The Morgan fingerprint density at radius 1 is 1.29 bits per heavy atom. The second kappa shape index (κ2) is 6.06. The molecule has 0 radical (unpaired) electrons. The largest absolute Gasteiger partial charge is 0.465 e. The minimum Gasteiger partial charge on any atom is -0.465 e. The molecule has 128 valence electrons. The monoisotopic (exact) mass is 333 g/mol. The van der Waals surface area contributed by atoms with Gasteiger partial charge in [-0.25, -0.2) is 19.6 Å². The Balaban J connectivity index is 1.64. The molecule has 3 heterocycles. The molecule has 2 saturated heterocycles. The van der Waals surface area contributed by atoms with Gasteiger partial charge in [0.15, 0.2) is 0 Å². The van der Waals surface area contributed by atoms with Crippen LogP contribution in [0, 0.1) is 5.92 Å². The first-order chi connectivity index (χ1) is 11.4. The van der Waals surface area contributed by atoms with E-state index in [1.54, 1.807) is 6.92 Å². The molecule has 0 aromatic carbocycles. The maximum atomic E-state index is 12.0. The van der Waals surface area contributed by atoms with Crippen molar-refractivity contribution in [1.82, 2.24) is 20.6 Å². The summed E-state index contributed by atoms with van der Waals surface area (Å²) in [7, 11) is 1.31. The zero-order chi connectivity index (χ0) is 17.3. The number of piperidine rings is 1. The number of urea groups is 1. The topological polar surface area (TPSA) is 114 Å². The molecule has 1 unspecified atom stereocenters. The third-order valence-electron chi connectivity index (χ3n) is 4.73. The van der Waals surface area contributed by atoms with E-state index in [0.717, 1.165) is 12.8 Å². The Kier molecular flexibility index (Phi) is 4.08. The minimum absolute atomic E-state index is 0.0505. The molecule has 0 saturated carbocycles. The van der Waals surface area contributed by atoms with Crippen molar-refractivity contribution in [3.63, 3.8) is 0 Å². The van der Waals surface area contributed by atoms with Gasteiger partial charge in [-0.2, -0.15) is 0 Å². The third kappa shape index (κ3) is 2.77. The standard InChI is InChI=1S/C15H19N5O4/c1-15(12(22)18-14(23)19-15)10-3-5-20(6-4-10)13-16-7-9(8-17-13)11(21)24-2/h7-8,10H,3-6H2,1-2H3,(H2,18,19,22,23). The summed E-state index contributed by atoms with van der Waals surface area (Å²) in [6.07, 6.45) is 4.33. The quantitative estimate of drug-likeness (QED) is 0.595. The minimum atomic E-state index is -0.862. The van der Waals surface area contributed by atoms with E-state index in [2.05, 4.69) is 25.3 Å². The number of methoxy groups -OCH3 is 1. The molecule has 3 rings (SSSR count). The van der Waals surface area contributed by atoms with E-state index in [-0.39, 0.29) is 11.8 Å². The van der Waals surface area contributed by atoms with Crippen molar-refractivity contribution in [2.45, 2.75) is 25.3 Å². The number of carbonyl (C=O) groups excluding carboxylic acids is 3. The summed E-state index contributed by atoms with van der Waals surface area (Å²) in [5, 5.41) is 5.03. The lowest BCUT2D eigenvalue weighted by atomic mass is 9.79. The van der Waals surface area contributed by atoms with Crippen LogP contribution in [0.5, 0.6) is 0 Å². The van der Waals surface area contributed by atoms with E-state index < -0.39 is 17.5 Å². The van der Waals surface area contributed by atoms with Crippen molar-refractivity contribution in [2.75, 3.05) is 25.1 Å². The molecule has 2 aliphatic rings. The van der Waals surface area contributed by atoms with Gasteiger partial charge in [0.2, 0.25) is 5.95 Å². The zero-order valence-electron chi connectivity index (χ0n) is 13.5. The highest BCUT2D eigenvalue weighted by atomic mass is 16.5. The van der Waals surface area contributed by atoms with Crippen LogP contribution in [0.1, 0.15) is 30.1 Å². The van der Waals surface area contributed by atoms with Crippen LogP contribution in [-0.2, 0) is 9.53 Å². The van der Waals surface area contributed by atoms with Gasteiger partial charge in [0.05, 0.1) is 12.7 Å². The molecule has 1 aromatic heterocycles. The highest BCUT2D eigenvalue weighted by molar-refractivity contribution is 6.07. The van der Waals surface area contributed by atoms with E-state index in [0.29, 0.717) is 24.6 Å². The second-order valence-electron chi connectivity index (χ2n) is 6.14. The van der Waals surface area contributed by atoms with Gasteiger partial charge in [0, 0.05) is 25.5 Å². The SMILES string of the molecule is COC(=O)c1cnc(N2CCC(C3(C)NC(=O)NC3=O)CC2)nc1. The smallest absolute Gasteiger partial charge is 0.341 e. The van der Waals surface area contributed by atoms with Gasteiger partial charge < -0.3 is 15.0 Å². The number of rotatable bonds is 3. The lowest BCUT2D eigenvalue weighted by molar-refractivity contribution is -0.125. The van der Waals surface area contributed by atoms with Crippen molar-refractivity contribution in [3.05, 3.63) is 18.0 Å². The Hall–Kier alpha value is -2.71. The van der Waals surface area contributed by atoms with Gasteiger partial charge in [-0.1, -0.05) is 0 Å². The summed E-state index contributed by atoms with van der Waals surface area (Å²) in [6, 6.07) is -0.438. The fourth-order valence-corrected chi connectivity index (χ4v) is 3.21. The summed E-state index contributed by atoms with van der Waals surface area (Å²) in [4.78, 5) is 45.2. The molecule has 0 bridgehead atoms. The van der Waals surface area contributed by atoms with Crippen molar-refractivity contribution < 1.29 is 19.1 Å². The predicted octanol–water partition coefficient (Wildman–Crippen LogP) is 0.0777. The van der Waals surface area contributed by atoms with E-state index in [1.165, 1.54) is 19.5 Å². The summed E-state index contributed by atoms with van der Waals surface area (Å²) >= 11 is 0. The first-order valence-corrected chi connectivity index (χ1v) is 7.73. The molecule has 3 amide bonds. The maximum Gasteiger partial charge on any atom is 0.341 e. The number of aromatic nitrogens is 2. The first-order valence-electron chi connectivity index (χ1n) is 7.73. The Labute approximate surface area is 138 Å². The van der Waals surface area contributed by atoms with Crippen LogP contribution < -0.4 is 15.5 Å². The van der Waals surface area contributed by atoms with Crippen LogP contribution >= 0.6 is 0 Å². The third-order valence-corrected chi connectivity index (χ3v) is 4.73. The van der Waals surface area contributed by atoms with E-state index in [4.69, 9.17) is 0 Å². The van der Waals surface area contributed by atoms with E-state index in [9.17, 15) is 14.4 Å². The normalized spacial score (nSPS) is 24.5. The molecule has 1 aromatic rings. The number of hydrogen-bond donors (Lipinski definition) is 2. The van der Waals surface area contributed by atoms with E-state index in [1.807, 2.05) is 4.90 Å². The maximum absolute atomic E-state index is 12.0. The number of nitrogens with zero attached hydrogens (tertiary/aromatic N) is 3. The summed E-state index contributed by atoms with van der Waals surface area (Å²) in [6.45, 7) is 3.09. The predicted molar refractivity (Wildman–Crippen MR) is 83.4 cm³/mol. The molecular weight excluding hydrogens is 314 g/mol. The van der Waals surface area contributed by atoms with Gasteiger partial charge in [0.1, 0.15) is 5.54 Å². The molecule has 2 aliphatic heterocycles. The fraction of sp³-hybridized carbons (Fsp3) is 0.533. The number of imide groups is 1. The summed E-state index contributed by atoms with van der Waals surface area (Å²) in [5.74, 6) is -0.165. The second-order valence-corrected chi connectivity index (χ2v) is 6.14. The van der Waals surface area contributed by atoms with Crippen molar-refractivity contribution >= 4 is 23.9 Å². The summed E-state index contributed by atoms with van der Waals surface area (Å²) in [5.41, 5.74) is -0.562. The van der Waals surface area contributed by atoms with Gasteiger partial charge >= 0.3 is 12.0 Å². The van der Waals surface area contributed by atoms with Gasteiger partial charge in [-0.15, -0.1) is 0 Å². The Morgan fingerprint density at radius 2 is 1.92 bits per heavy atom. The molecule has 2 fully saturated rings. The lowest BCUT2D eigenvalue weighted by Crippen LogP contribution is -2.54. The van der Waals surface area contributed by atoms with Gasteiger partial charge in [0.25, 0.3) is 5.91 Å². The lowest BCUT2D eigenvalue weighted by Gasteiger charge is -2.38. The number of ether oxygens (including phenoxy) is 1. The number of nitrogens with one attached hydrogen (secondary N) is 2. The molecule has 9 nitrogen and oxygen atoms in total. The molecule has 24 heavy (non-hydrogen) atoms. The van der Waals surface area contributed by atoms with Crippen LogP contribution in [0.3, 0.4) is 0 Å². The number of esters is 1. The molecule has 9 heteroatoms. The van der Waals surface area contributed by atoms with Crippen LogP contribution in [0.4, 0.5) is 10.7 Å². The summed E-state index contributed by atoms with van der Waals surface area (Å²) < 4.78 is 4.62. The molecule has 2 N–H and O–H groups in total. The van der Waals surface area contributed by atoms with Crippen LogP contribution in [0.25, 0.3) is 0 Å². The highest BCUT2D eigenvalue weighted by Crippen LogP contribution is 2.31. The first kappa shape index (κ1) is 16.2. The Bertz CT molecular complexity index is 669. The average Bonchev–Trinajstić information content (AvgIpc) is 2.87. The van der Waals surface area contributed by atoms with Crippen LogP contribution in [0.15, 0.2) is 12.4 Å². The van der Waals surface area contributed by atoms with E-state index >= 15 is 0 Å². The number of anilines is 1. The van der Waals surface area contributed by atoms with Crippen LogP contribution in [-0.4, -0.2) is 53.6 Å². The fourth-order valence-electron chi connectivity index (χ4n) is 3.21.